The molecule has 0 saturated carbocycles. The Balaban J connectivity index is 2.11. The second-order valence-corrected chi connectivity index (χ2v) is 4.94. The van der Waals surface area contributed by atoms with Crippen molar-refractivity contribution >= 4 is 29.1 Å². The highest BCUT2D eigenvalue weighted by molar-refractivity contribution is 6.31. The molecule has 1 unspecified atom stereocenters. The Morgan fingerprint density at radius 1 is 1.50 bits per heavy atom. The lowest BCUT2D eigenvalue weighted by molar-refractivity contribution is -0.124. The summed E-state index contributed by atoms with van der Waals surface area (Å²) in [6, 6.07) is 2.94. The van der Waals surface area contributed by atoms with Crippen molar-refractivity contribution in [3.05, 3.63) is 22.7 Å². The van der Waals surface area contributed by atoms with E-state index in [4.69, 9.17) is 16.3 Å². The van der Waals surface area contributed by atoms with Crippen molar-refractivity contribution in [1.82, 2.24) is 10.6 Å². The highest BCUT2D eigenvalue weighted by Gasteiger charge is 2.24. The number of anilines is 1. The highest BCUT2D eigenvalue weighted by Crippen LogP contribution is 2.30. The first-order valence-electron chi connectivity index (χ1n) is 6.16. The minimum Gasteiger partial charge on any atom is -0.495 e. The molecule has 1 aliphatic heterocycles. The number of hydrogen-bond acceptors (Lipinski definition) is 4. The summed E-state index contributed by atoms with van der Waals surface area (Å²) in [7, 11) is 1.51. The van der Waals surface area contributed by atoms with E-state index < -0.39 is 6.04 Å². The third kappa shape index (κ3) is 3.20. The molecule has 1 aliphatic rings. The van der Waals surface area contributed by atoms with Gasteiger partial charge in [0, 0.05) is 17.6 Å². The van der Waals surface area contributed by atoms with Crippen molar-refractivity contribution in [1.29, 1.82) is 0 Å². The zero-order valence-corrected chi connectivity index (χ0v) is 12.0. The zero-order valence-electron chi connectivity index (χ0n) is 11.2. The van der Waals surface area contributed by atoms with Gasteiger partial charge >= 0.3 is 0 Å². The number of ether oxygens (including phenoxy) is 1. The van der Waals surface area contributed by atoms with E-state index in [0.29, 0.717) is 16.5 Å². The van der Waals surface area contributed by atoms with Crippen LogP contribution in [0.1, 0.15) is 5.56 Å². The molecule has 3 N–H and O–H groups in total. The van der Waals surface area contributed by atoms with Crippen LogP contribution in [0.2, 0.25) is 5.02 Å². The topological polar surface area (TPSA) is 79.5 Å². The molecule has 2 amide bonds. The standard InChI is InChI=1S/C13H16ClN3O3/c1-7-3-9(11(20-2)4-8(7)14)17-13(19)10-5-16-12(18)6-15-10/h3-4,10,15H,5-6H2,1-2H3,(H,16,18)(H,17,19). The summed E-state index contributed by atoms with van der Waals surface area (Å²) in [6.45, 7) is 2.24. The van der Waals surface area contributed by atoms with E-state index in [1.807, 2.05) is 6.92 Å². The number of halogens is 1. The Morgan fingerprint density at radius 3 is 2.85 bits per heavy atom. The smallest absolute Gasteiger partial charge is 0.243 e. The first-order chi connectivity index (χ1) is 9.51. The number of carbonyl (C=O) groups excluding carboxylic acids is 2. The fourth-order valence-corrected chi connectivity index (χ4v) is 2.06. The summed E-state index contributed by atoms with van der Waals surface area (Å²) in [4.78, 5) is 23.2. The molecule has 1 atom stereocenters. The Bertz CT molecular complexity index is 538. The number of hydrogen-bond donors (Lipinski definition) is 3. The molecule has 6 nitrogen and oxygen atoms in total. The van der Waals surface area contributed by atoms with Crippen LogP contribution in [0.25, 0.3) is 0 Å². The second-order valence-electron chi connectivity index (χ2n) is 4.53. The van der Waals surface area contributed by atoms with Crippen molar-refractivity contribution in [2.24, 2.45) is 0 Å². The first kappa shape index (κ1) is 14.6. The molecule has 1 aromatic rings. The summed E-state index contributed by atoms with van der Waals surface area (Å²) in [5, 5.41) is 8.84. The lowest BCUT2D eigenvalue weighted by atomic mass is 10.1. The molecule has 0 spiro atoms. The van der Waals surface area contributed by atoms with Gasteiger partial charge in [-0.05, 0) is 18.6 Å². The van der Waals surface area contributed by atoms with Gasteiger partial charge in [0.25, 0.3) is 0 Å². The molecular formula is C13H16ClN3O3. The van der Waals surface area contributed by atoms with Gasteiger partial charge in [0.1, 0.15) is 11.8 Å². The fourth-order valence-electron chi connectivity index (χ4n) is 1.90. The van der Waals surface area contributed by atoms with Gasteiger partial charge in [-0.2, -0.15) is 0 Å². The number of amides is 2. The van der Waals surface area contributed by atoms with Gasteiger partial charge in [-0.1, -0.05) is 11.6 Å². The summed E-state index contributed by atoms with van der Waals surface area (Å²) in [6.07, 6.45) is 0. The van der Waals surface area contributed by atoms with E-state index in [1.165, 1.54) is 7.11 Å². The first-order valence-corrected chi connectivity index (χ1v) is 6.54. The highest BCUT2D eigenvalue weighted by atomic mass is 35.5. The molecule has 0 bridgehead atoms. The predicted octanol–water partition coefficient (Wildman–Crippen LogP) is 0.684. The molecular weight excluding hydrogens is 282 g/mol. The molecule has 1 heterocycles. The van der Waals surface area contributed by atoms with Crippen molar-refractivity contribution < 1.29 is 14.3 Å². The number of rotatable bonds is 3. The number of benzene rings is 1. The molecule has 7 heteroatoms. The van der Waals surface area contributed by atoms with Crippen LogP contribution < -0.4 is 20.7 Å². The molecule has 20 heavy (non-hydrogen) atoms. The Kier molecular flexibility index (Phi) is 4.46. The molecule has 1 aromatic carbocycles. The minimum absolute atomic E-state index is 0.117. The quantitative estimate of drug-likeness (QED) is 0.767. The summed E-state index contributed by atoms with van der Waals surface area (Å²) >= 11 is 6.01. The Hall–Kier alpha value is -1.79. The van der Waals surface area contributed by atoms with Crippen molar-refractivity contribution in [2.75, 3.05) is 25.5 Å². The average molecular weight is 298 g/mol. The van der Waals surface area contributed by atoms with Gasteiger partial charge in [0.15, 0.2) is 0 Å². The maximum atomic E-state index is 12.1. The average Bonchev–Trinajstić information content (AvgIpc) is 2.43. The number of nitrogens with one attached hydrogen (secondary N) is 3. The maximum Gasteiger partial charge on any atom is 0.243 e. The van der Waals surface area contributed by atoms with Gasteiger partial charge < -0.3 is 15.4 Å². The van der Waals surface area contributed by atoms with Crippen LogP contribution in [-0.2, 0) is 9.59 Å². The van der Waals surface area contributed by atoms with Gasteiger partial charge in [-0.25, -0.2) is 0 Å². The van der Waals surface area contributed by atoms with Crippen LogP contribution in [0.5, 0.6) is 5.75 Å². The minimum atomic E-state index is -0.464. The van der Waals surface area contributed by atoms with Crippen molar-refractivity contribution in [2.45, 2.75) is 13.0 Å². The third-order valence-corrected chi connectivity index (χ3v) is 3.47. The number of methoxy groups -OCH3 is 1. The van der Waals surface area contributed by atoms with Crippen LogP contribution in [0, 0.1) is 6.92 Å². The van der Waals surface area contributed by atoms with Gasteiger partial charge in [0.2, 0.25) is 11.8 Å². The molecule has 108 valence electrons. The van der Waals surface area contributed by atoms with E-state index in [-0.39, 0.29) is 24.9 Å². The molecule has 0 aliphatic carbocycles. The molecule has 0 aromatic heterocycles. The number of piperazine rings is 1. The largest absolute Gasteiger partial charge is 0.495 e. The van der Waals surface area contributed by atoms with E-state index in [1.54, 1.807) is 12.1 Å². The van der Waals surface area contributed by atoms with E-state index >= 15 is 0 Å². The van der Waals surface area contributed by atoms with Gasteiger partial charge in [-0.15, -0.1) is 0 Å². The van der Waals surface area contributed by atoms with Gasteiger partial charge in [0.05, 0.1) is 19.3 Å². The molecule has 1 saturated heterocycles. The van der Waals surface area contributed by atoms with E-state index in [2.05, 4.69) is 16.0 Å². The van der Waals surface area contributed by atoms with E-state index in [9.17, 15) is 9.59 Å². The van der Waals surface area contributed by atoms with Crippen LogP contribution in [-0.4, -0.2) is 38.1 Å². The van der Waals surface area contributed by atoms with E-state index in [0.717, 1.165) is 5.56 Å². The summed E-state index contributed by atoms with van der Waals surface area (Å²) in [5.41, 5.74) is 1.39. The lowest BCUT2D eigenvalue weighted by Gasteiger charge is -2.23. The van der Waals surface area contributed by atoms with Gasteiger partial charge in [-0.3, -0.25) is 14.9 Å². The monoisotopic (exact) mass is 297 g/mol. The third-order valence-electron chi connectivity index (χ3n) is 3.07. The van der Waals surface area contributed by atoms with Crippen LogP contribution in [0.4, 0.5) is 5.69 Å². The normalized spacial score (nSPS) is 18.4. The Labute approximate surface area is 121 Å². The second kappa shape index (κ2) is 6.11. The number of aryl methyl sites for hydroxylation is 1. The van der Waals surface area contributed by atoms with Crippen molar-refractivity contribution in [3.8, 4) is 5.75 Å². The summed E-state index contributed by atoms with van der Waals surface area (Å²) in [5.74, 6) is 0.146. The fraction of sp³-hybridized carbons (Fsp3) is 0.385. The lowest BCUT2D eigenvalue weighted by Crippen LogP contribution is -2.56. The van der Waals surface area contributed by atoms with Crippen LogP contribution >= 0.6 is 11.6 Å². The molecule has 1 fully saturated rings. The molecule has 2 rings (SSSR count). The zero-order chi connectivity index (χ0) is 14.7. The summed E-state index contributed by atoms with van der Waals surface area (Å²) < 4.78 is 5.20. The van der Waals surface area contributed by atoms with Crippen molar-refractivity contribution in [3.63, 3.8) is 0 Å². The predicted molar refractivity (Wildman–Crippen MR) is 76.2 cm³/mol. The molecule has 0 radical (unpaired) electrons. The van der Waals surface area contributed by atoms with Crippen LogP contribution in [0.15, 0.2) is 12.1 Å². The Morgan fingerprint density at radius 2 is 2.25 bits per heavy atom. The van der Waals surface area contributed by atoms with Crippen LogP contribution in [0.3, 0.4) is 0 Å². The maximum absolute atomic E-state index is 12.1. The SMILES string of the molecule is COc1cc(Cl)c(C)cc1NC(=O)C1CNC(=O)CN1. The number of carbonyl (C=O) groups is 2.